The highest BCUT2D eigenvalue weighted by atomic mass is 32.2. The van der Waals surface area contributed by atoms with Crippen molar-refractivity contribution < 1.29 is 9.18 Å². The minimum Gasteiger partial charge on any atom is -0.379 e. The van der Waals surface area contributed by atoms with Gasteiger partial charge in [0.05, 0.1) is 10.2 Å². The van der Waals surface area contributed by atoms with E-state index in [0.29, 0.717) is 22.8 Å². The second-order valence-electron chi connectivity index (χ2n) is 6.85. The zero-order valence-corrected chi connectivity index (χ0v) is 17.1. The van der Waals surface area contributed by atoms with E-state index in [2.05, 4.69) is 9.98 Å². The maximum atomic E-state index is 14.7. The normalized spacial score (nSPS) is 19.6. The molecule has 0 bridgehead atoms. The first-order chi connectivity index (χ1) is 13.5. The van der Waals surface area contributed by atoms with Crippen LogP contribution in [0.25, 0.3) is 10.1 Å². The molecule has 1 aromatic carbocycles. The minimum atomic E-state index is -0.662. The highest BCUT2D eigenvalue weighted by molar-refractivity contribution is 8.13. The van der Waals surface area contributed by atoms with Gasteiger partial charge in [0.2, 0.25) is 0 Å². The fraction of sp³-hybridized carbons (Fsp3) is 0.286. The van der Waals surface area contributed by atoms with Gasteiger partial charge in [-0.1, -0.05) is 24.8 Å². The highest BCUT2D eigenvalue weighted by Gasteiger charge is 2.35. The summed E-state index contributed by atoms with van der Waals surface area (Å²) in [5.74, 6) is 0.425. The number of carbonyl (C=O) groups is 1. The van der Waals surface area contributed by atoms with Gasteiger partial charge in [0.25, 0.3) is 0 Å². The number of nitrogens with two attached hydrogens (primary N) is 1. The van der Waals surface area contributed by atoms with Crippen molar-refractivity contribution in [2.75, 3.05) is 5.75 Å². The van der Waals surface area contributed by atoms with Crippen molar-refractivity contribution in [1.29, 1.82) is 0 Å². The van der Waals surface area contributed by atoms with Crippen molar-refractivity contribution >= 4 is 44.1 Å². The molecule has 1 aliphatic heterocycles. The molecule has 28 heavy (non-hydrogen) atoms. The molecule has 0 saturated carbocycles. The van der Waals surface area contributed by atoms with Gasteiger partial charge in [-0.3, -0.25) is 14.8 Å². The second-order valence-corrected chi connectivity index (χ2v) is 8.88. The van der Waals surface area contributed by atoms with E-state index in [0.717, 1.165) is 27.8 Å². The van der Waals surface area contributed by atoms with Crippen LogP contribution in [-0.4, -0.2) is 21.7 Å². The summed E-state index contributed by atoms with van der Waals surface area (Å²) >= 11 is 3.00. The molecule has 0 saturated heterocycles. The smallest absolute Gasteiger partial charge is 0.187 e. The Balaban J connectivity index is 1.68. The second kappa shape index (κ2) is 7.64. The molecule has 2 N–H and O–H groups in total. The monoisotopic (exact) mass is 413 g/mol. The summed E-state index contributed by atoms with van der Waals surface area (Å²) < 4.78 is 15.6. The van der Waals surface area contributed by atoms with E-state index < -0.39 is 5.54 Å². The van der Waals surface area contributed by atoms with Gasteiger partial charge in [0, 0.05) is 23.9 Å². The average molecular weight is 414 g/mol. The first-order valence-electron chi connectivity index (χ1n) is 9.15. The summed E-state index contributed by atoms with van der Waals surface area (Å²) in [6, 6.07) is 8.75. The van der Waals surface area contributed by atoms with Crippen LogP contribution < -0.4 is 5.73 Å². The number of fused-ring (bicyclic) bond motifs is 1. The van der Waals surface area contributed by atoms with Crippen LogP contribution in [0.4, 0.5) is 4.39 Å². The van der Waals surface area contributed by atoms with E-state index in [1.54, 1.807) is 18.3 Å². The van der Waals surface area contributed by atoms with Crippen LogP contribution in [0.2, 0.25) is 0 Å². The minimum absolute atomic E-state index is 0.0710. The van der Waals surface area contributed by atoms with Crippen LogP contribution in [-0.2, 0) is 12.0 Å². The molecule has 3 aromatic rings. The molecule has 3 heterocycles. The van der Waals surface area contributed by atoms with Crippen LogP contribution >= 0.6 is 23.1 Å². The summed E-state index contributed by atoms with van der Waals surface area (Å²) in [7, 11) is 0. The van der Waals surface area contributed by atoms with Gasteiger partial charge >= 0.3 is 0 Å². The number of halogens is 1. The number of Topliss-reactive ketones (excluding diaryl/α,β-unsaturated/α-hetero) is 1. The van der Waals surface area contributed by atoms with Gasteiger partial charge in [0.1, 0.15) is 11.5 Å². The fourth-order valence-corrected chi connectivity index (χ4v) is 5.45. The van der Waals surface area contributed by atoms with Crippen molar-refractivity contribution in [3.8, 4) is 0 Å². The Morgan fingerprint density at radius 2 is 2.18 bits per heavy atom. The number of pyridine rings is 1. The van der Waals surface area contributed by atoms with Gasteiger partial charge in [-0.25, -0.2) is 4.39 Å². The summed E-state index contributed by atoms with van der Waals surface area (Å²) in [5, 5.41) is 3.45. The van der Waals surface area contributed by atoms with Gasteiger partial charge in [0.15, 0.2) is 11.0 Å². The van der Waals surface area contributed by atoms with E-state index in [1.165, 1.54) is 29.2 Å². The maximum absolute atomic E-state index is 14.7. The van der Waals surface area contributed by atoms with Crippen LogP contribution in [0.15, 0.2) is 46.9 Å². The molecule has 0 aliphatic carbocycles. The Kier molecular flexibility index (Phi) is 5.21. The van der Waals surface area contributed by atoms with E-state index in [9.17, 15) is 9.18 Å². The molecule has 4 rings (SSSR count). The number of hydrogen-bond acceptors (Lipinski definition) is 6. The molecule has 0 amide bonds. The SMILES string of the molecule is CC[C@@]1(c2cc(CC(=O)c3nccc4ccsc34)ccc2F)CCSC(N)=N1. The predicted octanol–water partition coefficient (Wildman–Crippen LogP) is 4.92. The zero-order valence-electron chi connectivity index (χ0n) is 15.4. The molecule has 1 aliphatic rings. The molecular formula is C21H20FN3OS2. The van der Waals surface area contributed by atoms with Crippen molar-refractivity contribution in [2.45, 2.75) is 31.7 Å². The molecule has 1 atom stereocenters. The maximum Gasteiger partial charge on any atom is 0.187 e. The highest BCUT2D eigenvalue weighted by Crippen LogP contribution is 2.40. The number of thiophene rings is 1. The Hall–Kier alpha value is -2.25. The van der Waals surface area contributed by atoms with E-state index in [-0.39, 0.29) is 18.0 Å². The van der Waals surface area contributed by atoms with E-state index >= 15 is 0 Å². The van der Waals surface area contributed by atoms with Crippen molar-refractivity contribution in [1.82, 2.24) is 4.98 Å². The number of amidine groups is 1. The van der Waals surface area contributed by atoms with Crippen molar-refractivity contribution in [3.63, 3.8) is 0 Å². The number of hydrogen-bond donors (Lipinski definition) is 1. The van der Waals surface area contributed by atoms with E-state index in [1.807, 2.05) is 24.4 Å². The van der Waals surface area contributed by atoms with Crippen molar-refractivity contribution in [2.24, 2.45) is 10.7 Å². The third-order valence-corrected chi connectivity index (χ3v) is 6.94. The number of ketones is 1. The number of nitrogens with zero attached hydrogens (tertiary/aromatic N) is 2. The lowest BCUT2D eigenvalue weighted by atomic mass is 9.83. The third kappa shape index (κ3) is 3.44. The molecule has 144 valence electrons. The lowest BCUT2D eigenvalue weighted by molar-refractivity contribution is 0.0990. The first kappa shape index (κ1) is 19.1. The summed E-state index contributed by atoms with van der Waals surface area (Å²) in [5.41, 5.74) is 7.03. The third-order valence-electron chi connectivity index (χ3n) is 5.20. The van der Waals surface area contributed by atoms with Crippen LogP contribution in [0.1, 0.15) is 41.4 Å². The Morgan fingerprint density at radius 1 is 1.32 bits per heavy atom. The Bertz CT molecular complexity index is 1080. The number of benzene rings is 1. The summed E-state index contributed by atoms with van der Waals surface area (Å²) in [6.45, 7) is 1.99. The average Bonchev–Trinajstić information content (AvgIpc) is 3.18. The molecule has 7 heteroatoms. The predicted molar refractivity (Wildman–Crippen MR) is 115 cm³/mol. The van der Waals surface area contributed by atoms with Crippen LogP contribution in [0.5, 0.6) is 0 Å². The molecule has 0 unspecified atom stereocenters. The zero-order chi connectivity index (χ0) is 19.7. The molecular weight excluding hydrogens is 393 g/mol. The van der Waals surface area contributed by atoms with Gasteiger partial charge < -0.3 is 5.73 Å². The van der Waals surface area contributed by atoms with Crippen LogP contribution in [0.3, 0.4) is 0 Å². The quantitative estimate of drug-likeness (QED) is 0.603. The largest absolute Gasteiger partial charge is 0.379 e. The molecule has 0 spiro atoms. The number of carbonyl (C=O) groups excluding carboxylic acids is 1. The molecule has 2 aromatic heterocycles. The lowest BCUT2D eigenvalue weighted by Crippen LogP contribution is -2.32. The number of thioether (sulfide) groups is 1. The standard InChI is InChI=1S/C21H20FN3OS2/c1-2-21(7-10-28-20(23)25-21)15-11-13(3-4-16(15)22)12-17(26)18-19-14(5-8-24-18)6-9-27-19/h3-6,8-9,11H,2,7,10,12H2,1H3,(H2,23,25)/t21-/m0/s1. The fourth-order valence-electron chi connectivity index (χ4n) is 3.67. The molecule has 0 fully saturated rings. The number of aliphatic imine (C=N–C) groups is 1. The van der Waals surface area contributed by atoms with Crippen LogP contribution in [0, 0.1) is 5.82 Å². The number of aromatic nitrogens is 1. The van der Waals surface area contributed by atoms with Gasteiger partial charge in [-0.2, -0.15) is 0 Å². The lowest BCUT2D eigenvalue weighted by Gasteiger charge is -2.33. The van der Waals surface area contributed by atoms with E-state index in [4.69, 9.17) is 5.73 Å². The Morgan fingerprint density at radius 3 is 2.96 bits per heavy atom. The van der Waals surface area contributed by atoms with Gasteiger partial charge in [-0.15, -0.1) is 11.3 Å². The van der Waals surface area contributed by atoms with Gasteiger partial charge in [-0.05, 0) is 53.4 Å². The summed E-state index contributed by atoms with van der Waals surface area (Å²) in [6.07, 6.45) is 3.20. The number of rotatable bonds is 5. The van der Waals surface area contributed by atoms with Crippen molar-refractivity contribution in [3.05, 3.63) is 64.5 Å². The molecule has 4 nitrogen and oxygen atoms in total. The Labute approximate surface area is 171 Å². The summed E-state index contributed by atoms with van der Waals surface area (Å²) in [4.78, 5) is 21.8. The molecule has 0 radical (unpaired) electrons. The topological polar surface area (TPSA) is 68.3 Å². The first-order valence-corrected chi connectivity index (χ1v) is 11.0.